The summed E-state index contributed by atoms with van der Waals surface area (Å²) in [5.41, 5.74) is 9.24. The maximum atomic E-state index is 6.55. The summed E-state index contributed by atoms with van der Waals surface area (Å²) in [5, 5.41) is 7.37. The van der Waals surface area contributed by atoms with Crippen LogP contribution in [0, 0.1) is 0 Å². The minimum absolute atomic E-state index is 0.600. The zero-order valence-electron chi connectivity index (χ0n) is 30.3. The van der Waals surface area contributed by atoms with Gasteiger partial charge in [-0.2, -0.15) is 0 Å². The lowest BCUT2D eigenvalue weighted by Crippen LogP contribution is -2.00. The summed E-state index contributed by atoms with van der Waals surface area (Å²) >= 11 is 3.73. The first kappa shape index (κ1) is 32.3. The number of nitrogens with zero attached hydrogens (tertiary/aromatic N) is 3. The van der Waals surface area contributed by atoms with Gasteiger partial charge in [-0.05, 0) is 76.9 Å². The molecule has 0 saturated heterocycles. The maximum absolute atomic E-state index is 6.55. The van der Waals surface area contributed by atoms with Crippen molar-refractivity contribution in [2.24, 2.45) is 0 Å². The fourth-order valence-corrected chi connectivity index (χ4v) is 10.6. The summed E-state index contributed by atoms with van der Waals surface area (Å²) in [6.07, 6.45) is 0. The number of rotatable bonds is 5. The van der Waals surface area contributed by atoms with Crippen LogP contribution in [-0.4, -0.2) is 15.0 Å². The first-order chi connectivity index (χ1) is 28.2. The molecule has 4 nitrogen and oxygen atoms in total. The Hall–Kier alpha value is -6.99. The predicted molar refractivity (Wildman–Crippen MR) is 240 cm³/mol. The molecule has 57 heavy (non-hydrogen) atoms. The molecule has 0 aliphatic rings. The molecule has 4 aromatic heterocycles. The summed E-state index contributed by atoms with van der Waals surface area (Å²) in [4.78, 5) is 14.8. The van der Waals surface area contributed by atoms with E-state index in [0.717, 1.165) is 44.2 Å². The SMILES string of the molecule is c1ccc(-c2nc(-c3ccccc3)nc(-c3ccc4c(c3)oc3ccc(-c5cc(-c6cccc7sc8ccccc8c67)c6c(c5)sc5ccccc56)cc34)n2)cc1. The smallest absolute Gasteiger partial charge is 0.164 e. The van der Waals surface area contributed by atoms with Crippen LogP contribution in [0.1, 0.15) is 0 Å². The highest BCUT2D eigenvalue weighted by atomic mass is 32.1. The summed E-state index contributed by atoms with van der Waals surface area (Å²) in [6.45, 7) is 0. The van der Waals surface area contributed by atoms with E-state index in [4.69, 9.17) is 19.4 Å². The minimum atomic E-state index is 0.600. The number of hydrogen-bond acceptors (Lipinski definition) is 6. The molecule has 0 saturated carbocycles. The number of aromatic nitrogens is 3. The van der Waals surface area contributed by atoms with Gasteiger partial charge in [-0.25, -0.2) is 15.0 Å². The van der Waals surface area contributed by atoms with Crippen LogP contribution in [0.15, 0.2) is 180 Å². The predicted octanol–water partition coefficient (Wildman–Crippen LogP) is 14.8. The largest absolute Gasteiger partial charge is 0.456 e. The molecule has 0 unspecified atom stereocenters. The lowest BCUT2D eigenvalue weighted by molar-refractivity contribution is 0.669. The third-order valence-corrected chi connectivity index (χ3v) is 13.2. The standard InChI is InChI=1S/C51H29N3OS2/c1-3-12-30(13-4-1)49-52-50(31-14-5-2-6-15-31)54-51(53-49)33-22-24-35-39-26-32(23-25-41(39)55-42(35)28-33)34-27-40(48-38-17-8-10-20-44(38)57-46(48)29-34)36-18-11-21-45-47(36)37-16-7-9-19-43(37)56-45/h1-29H. The third-order valence-electron chi connectivity index (χ3n) is 10.9. The van der Waals surface area contributed by atoms with E-state index in [2.05, 4.69) is 115 Å². The van der Waals surface area contributed by atoms with Gasteiger partial charge in [-0.3, -0.25) is 0 Å². The molecule has 12 aromatic rings. The molecule has 0 amide bonds. The Morgan fingerprint density at radius 1 is 0.316 bits per heavy atom. The Labute approximate surface area is 335 Å². The molecular weight excluding hydrogens is 735 g/mol. The van der Waals surface area contributed by atoms with Crippen molar-refractivity contribution in [3.63, 3.8) is 0 Å². The van der Waals surface area contributed by atoms with Crippen LogP contribution in [0.2, 0.25) is 0 Å². The van der Waals surface area contributed by atoms with E-state index < -0.39 is 0 Å². The molecule has 0 bridgehead atoms. The topological polar surface area (TPSA) is 51.8 Å². The quantitative estimate of drug-likeness (QED) is 0.175. The van der Waals surface area contributed by atoms with E-state index in [0.29, 0.717) is 17.5 Å². The van der Waals surface area contributed by atoms with Crippen LogP contribution in [0.4, 0.5) is 0 Å². The van der Waals surface area contributed by atoms with E-state index in [1.54, 1.807) is 0 Å². The van der Waals surface area contributed by atoms with Gasteiger partial charge in [0, 0.05) is 67.8 Å². The summed E-state index contributed by atoms with van der Waals surface area (Å²) in [7, 11) is 0. The van der Waals surface area contributed by atoms with Gasteiger partial charge in [0.15, 0.2) is 17.5 Å². The van der Waals surface area contributed by atoms with Crippen LogP contribution < -0.4 is 0 Å². The van der Waals surface area contributed by atoms with E-state index in [1.165, 1.54) is 57.0 Å². The number of thiophene rings is 2. The van der Waals surface area contributed by atoms with Crippen LogP contribution in [0.25, 0.3) is 119 Å². The number of furan rings is 1. The fourth-order valence-electron chi connectivity index (χ4n) is 8.27. The molecule has 0 spiro atoms. The van der Waals surface area contributed by atoms with Gasteiger partial charge in [0.2, 0.25) is 0 Å². The average Bonchev–Trinajstić information content (AvgIpc) is 3.97. The van der Waals surface area contributed by atoms with Gasteiger partial charge in [0.05, 0.1) is 0 Å². The van der Waals surface area contributed by atoms with Crippen molar-refractivity contribution in [1.82, 2.24) is 15.0 Å². The van der Waals surface area contributed by atoms with Gasteiger partial charge in [-0.1, -0.05) is 121 Å². The molecule has 6 heteroatoms. The van der Waals surface area contributed by atoms with Crippen LogP contribution in [0.3, 0.4) is 0 Å². The second-order valence-electron chi connectivity index (χ2n) is 14.3. The monoisotopic (exact) mass is 763 g/mol. The van der Waals surface area contributed by atoms with Crippen molar-refractivity contribution in [2.75, 3.05) is 0 Å². The molecule has 0 fully saturated rings. The van der Waals surface area contributed by atoms with Crippen molar-refractivity contribution in [2.45, 2.75) is 0 Å². The van der Waals surface area contributed by atoms with Crippen LogP contribution >= 0.6 is 22.7 Å². The van der Waals surface area contributed by atoms with E-state index >= 15 is 0 Å². The first-order valence-corrected chi connectivity index (χ1v) is 20.6. The van der Waals surface area contributed by atoms with Gasteiger partial charge >= 0.3 is 0 Å². The Morgan fingerprint density at radius 2 is 0.895 bits per heavy atom. The summed E-state index contributed by atoms with van der Waals surface area (Å²) in [6, 6.07) is 62.1. The molecular formula is C51H29N3OS2. The van der Waals surface area contributed by atoms with Crippen molar-refractivity contribution < 1.29 is 4.42 Å². The van der Waals surface area contributed by atoms with Gasteiger partial charge in [-0.15, -0.1) is 22.7 Å². The zero-order chi connectivity index (χ0) is 37.5. The summed E-state index contributed by atoms with van der Waals surface area (Å²) < 4.78 is 11.7. The molecule has 0 atom stereocenters. The molecule has 0 N–H and O–H groups in total. The van der Waals surface area contributed by atoms with Gasteiger partial charge < -0.3 is 4.42 Å². The van der Waals surface area contributed by atoms with E-state index in [1.807, 2.05) is 83.3 Å². The maximum Gasteiger partial charge on any atom is 0.164 e. The number of hydrogen-bond donors (Lipinski definition) is 0. The Morgan fingerprint density at radius 3 is 1.60 bits per heavy atom. The molecule has 0 aliphatic carbocycles. The summed E-state index contributed by atoms with van der Waals surface area (Å²) in [5.74, 6) is 1.86. The third kappa shape index (κ3) is 5.30. The van der Waals surface area contributed by atoms with Crippen LogP contribution in [0.5, 0.6) is 0 Å². The van der Waals surface area contributed by atoms with Gasteiger partial charge in [0.25, 0.3) is 0 Å². The lowest BCUT2D eigenvalue weighted by Gasteiger charge is -2.11. The van der Waals surface area contributed by atoms with Crippen molar-refractivity contribution in [1.29, 1.82) is 0 Å². The normalized spacial score (nSPS) is 11.9. The zero-order valence-corrected chi connectivity index (χ0v) is 31.9. The molecule has 4 heterocycles. The van der Waals surface area contributed by atoms with Gasteiger partial charge in [0.1, 0.15) is 11.2 Å². The molecule has 0 radical (unpaired) electrons. The number of fused-ring (bicyclic) bond motifs is 9. The Bertz CT molecular complexity index is 3470. The highest BCUT2D eigenvalue weighted by Gasteiger charge is 2.19. The molecule has 8 aromatic carbocycles. The lowest BCUT2D eigenvalue weighted by atomic mass is 9.92. The van der Waals surface area contributed by atoms with Crippen molar-refractivity contribution >= 4 is 85.0 Å². The number of benzene rings is 8. The second-order valence-corrected chi connectivity index (χ2v) is 16.5. The minimum Gasteiger partial charge on any atom is -0.456 e. The van der Waals surface area contributed by atoms with Crippen molar-refractivity contribution in [3.05, 3.63) is 176 Å². The average molecular weight is 764 g/mol. The molecule has 12 rings (SSSR count). The molecule has 0 aliphatic heterocycles. The fraction of sp³-hybridized carbons (Fsp3) is 0. The Kier molecular flexibility index (Phi) is 7.24. The van der Waals surface area contributed by atoms with Crippen LogP contribution in [-0.2, 0) is 0 Å². The Balaban J connectivity index is 1.02. The first-order valence-electron chi connectivity index (χ1n) is 18.9. The van der Waals surface area contributed by atoms with E-state index in [9.17, 15) is 0 Å². The highest BCUT2D eigenvalue weighted by molar-refractivity contribution is 7.26. The van der Waals surface area contributed by atoms with Crippen molar-refractivity contribution in [3.8, 4) is 56.4 Å². The van der Waals surface area contributed by atoms with E-state index in [-0.39, 0.29) is 0 Å². The second kappa shape index (κ2) is 12.8. The highest BCUT2D eigenvalue weighted by Crippen LogP contribution is 2.47. The molecule has 266 valence electrons.